The van der Waals surface area contributed by atoms with E-state index in [1.807, 2.05) is 0 Å². The maximum Gasteiger partial charge on any atom is 0.213 e. The van der Waals surface area contributed by atoms with Crippen LogP contribution in [-0.2, 0) is 0 Å². The number of nitrogens with two attached hydrogens (primary N) is 1. The predicted octanol–water partition coefficient (Wildman–Crippen LogP) is 2.47. The molecule has 1 heterocycles. The lowest BCUT2D eigenvalue weighted by molar-refractivity contribution is 0.568. The van der Waals surface area contributed by atoms with E-state index in [0.29, 0.717) is 5.92 Å². The molecule has 0 aliphatic heterocycles. The average molecular weight is 239 g/mol. The van der Waals surface area contributed by atoms with Crippen molar-refractivity contribution in [1.29, 1.82) is 0 Å². The van der Waals surface area contributed by atoms with Crippen LogP contribution >= 0.6 is 24.8 Å². The zero-order chi connectivity index (χ0) is 8.55. The first-order valence-electron chi connectivity index (χ1n) is 4.14. The van der Waals surface area contributed by atoms with Gasteiger partial charge in [0.05, 0.1) is 0 Å². The minimum Gasteiger partial charge on any atom is -0.324 e. The number of hydrogen-bond donors (Lipinski definition) is 1. The van der Waals surface area contributed by atoms with Crippen LogP contribution < -0.4 is 5.73 Å². The van der Waals surface area contributed by atoms with Gasteiger partial charge in [0.15, 0.2) is 0 Å². The molecule has 1 atom stereocenters. The summed E-state index contributed by atoms with van der Waals surface area (Å²) in [5.74, 6) is 0.121. The Hall–Kier alpha value is -0.380. The first kappa shape index (κ1) is 13.6. The molecule has 1 aliphatic rings. The minimum atomic E-state index is -0.441. The van der Waals surface area contributed by atoms with Gasteiger partial charge in [0.25, 0.3) is 0 Å². The van der Waals surface area contributed by atoms with Crippen molar-refractivity contribution >= 4 is 24.8 Å². The van der Waals surface area contributed by atoms with Crippen molar-refractivity contribution in [1.82, 2.24) is 4.98 Å². The van der Waals surface area contributed by atoms with Crippen LogP contribution in [0.1, 0.15) is 24.4 Å². The van der Waals surface area contributed by atoms with E-state index in [-0.39, 0.29) is 30.9 Å². The van der Waals surface area contributed by atoms with E-state index in [4.69, 9.17) is 5.73 Å². The van der Waals surface area contributed by atoms with Gasteiger partial charge in [-0.25, -0.2) is 4.98 Å². The number of pyridine rings is 1. The van der Waals surface area contributed by atoms with Crippen LogP contribution in [0.2, 0.25) is 0 Å². The highest BCUT2D eigenvalue weighted by Crippen LogP contribution is 2.39. The third-order valence-electron chi connectivity index (χ3n) is 2.27. The van der Waals surface area contributed by atoms with Gasteiger partial charge in [-0.1, -0.05) is 0 Å². The van der Waals surface area contributed by atoms with Crippen molar-refractivity contribution < 1.29 is 4.39 Å². The summed E-state index contributed by atoms with van der Waals surface area (Å²) in [6.45, 7) is 0. The van der Waals surface area contributed by atoms with Gasteiger partial charge in [-0.2, -0.15) is 4.39 Å². The van der Waals surface area contributed by atoms with E-state index >= 15 is 0 Å². The van der Waals surface area contributed by atoms with Gasteiger partial charge in [0.1, 0.15) is 0 Å². The number of aromatic nitrogens is 1. The molecule has 2 rings (SSSR count). The Bertz CT molecular complexity index is 292. The number of nitrogens with zero attached hydrogens (tertiary/aromatic N) is 1. The van der Waals surface area contributed by atoms with Crippen molar-refractivity contribution in [2.45, 2.75) is 18.9 Å². The first-order chi connectivity index (χ1) is 5.77. The molecule has 2 nitrogen and oxygen atoms in total. The van der Waals surface area contributed by atoms with Crippen LogP contribution in [0.5, 0.6) is 0 Å². The van der Waals surface area contributed by atoms with Gasteiger partial charge in [-0.3, -0.25) is 0 Å². The lowest BCUT2D eigenvalue weighted by Gasteiger charge is -2.09. The van der Waals surface area contributed by atoms with Gasteiger partial charge in [-0.15, -0.1) is 24.8 Å². The quantitative estimate of drug-likeness (QED) is 0.805. The molecule has 0 bridgehead atoms. The molecule has 0 amide bonds. The molecule has 14 heavy (non-hydrogen) atoms. The summed E-state index contributed by atoms with van der Waals surface area (Å²) in [5.41, 5.74) is 6.74. The van der Waals surface area contributed by atoms with E-state index < -0.39 is 5.95 Å². The van der Waals surface area contributed by atoms with Gasteiger partial charge in [-0.05, 0) is 36.5 Å². The fraction of sp³-hybridized carbons (Fsp3) is 0.444. The minimum absolute atomic E-state index is 0. The van der Waals surface area contributed by atoms with E-state index in [1.165, 1.54) is 25.1 Å². The molecule has 0 saturated heterocycles. The van der Waals surface area contributed by atoms with Crippen LogP contribution in [0.3, 0.4) is 0 Å². The first-order valence-corrected chi connectivity index (χ1v) is 4.14. The standard InChI is InChI=1S/C9H11FN2.2ClH/c10-8-5-7(3-4-12-8)9(11)6-1-2-6;;/h3-6,9H,1-2,11H2;2*1H. The van der Waals surface area contributed by atoms with Crippen molar-refractivity contribution in [3.05, 3.63) is 29.8 Å². The van der Waals surface area contributed by atoms with E-state index in [1.54, 1.807) is 6.07 Å². The topological polar surface area (TPSA) is 38.9 Å². The fourth-order valence-corrected chi connectivity index (χ4v) is 1.35. The molecule has 1 fully saturated rings. The summed E-state index contributed by atoms with van der Waals surface area (Å²) >= 11 is 0. The fourth-order valence-electron chi connectivity index (χ4n) is 1.35. The maximum absolute atomic E-state index is 12.6. The predicted molar refractivity (Wildman–Crippen MR) is 58.3 cm³/mol. The Morgan fingerprint density at radius 3 is 2.57 bits per heavy atom. The molecule has 1 saturated carbocycles. The Morgan fingerprint density at radius 1 is 1.43 bits per heavy atom. The molecule has 1 aromatic rings. The molecule has 2 N–H and O–H groups in total. The summed E-state index contributed by atoms with van der Waals surface area (Å²) in [4.78, 5) is 3.48. The molecule has 1 unspecified atom stereocenters. The Labute approximate surface area is 94.9 Å². The maximum atomic E-state index is 12.6. The SMILES string of the molecule is Cl.Cl.NC(c1ccnc(F)c1)C1CC1. The molecule has 0 aromatic carbocycles. The third kappa shape index (κ3) is 3.08. The molecular weight excluding hydrogens is 226 g/mol. The van der Waals surface area contributed by atoms with Gasteiger partial charge < -0.3 is 5.73 Å². The largest absolute Gasteiger partial charge is 0.324 e. The second-order valence-electron chi connectivity index (χ2n) is 3.28. The number of rotatable bonds is 2. The zero-order valence-corrected chi connectivity index (χ0v) is 9.15. The van der Waals surface area contributed by atoms with Crippen molar-refractivity contribution in [2.75, 3.05) is 0 Å². The summed E-state index contributed by atoms with van der Waals surface area (Å²) in [6.07, 6.45) is 3.81. The molecule has 0 spiro atoms. The molecule has 1 aromatic heterocycles. The average Bonchev–Trinajstić information content (AvgIpc) is 2.85. The molecule has 0 radical (unpaired) electrons. The second kappa shape index (κ2) is 5.49. The Morgan fingerprint density at radius 2 is 2.07 bits per heavy atom. The summed E-state index contributed by atoms with van der Waals surface area (Å²) in [6, 6.07) is 3.21. The van der Waals surface area contributed by atoms with Crippen LogP contribution in [0.4, 0.5) is 4.39 Å². The van der Waals surface area contributed by atoms with Crippen molar-refractivity contribution in [2.24, 2.45) is 11.7 Å². The smallest absolute Gasteiger partial charge is 0.213 e. The Kier molecular flexibility index (Phi) is 5.34. The molecular formula is C9H13Cl2FN2. The normalized spacial score (nSPS) is 16.4. The van der Waals surface area contributed by atoms with E-state index in [2.05, 4.69) is 4.98 Å². The third-order valence-corrected chi connectivity index (χ3v) is 2.27. The van der Waals surface area contributed by atoms with Crippen LogP contribution in [-0.4, -0.2) is 4.98 Å². The Balaban J connectivity index is 0.000000845. The van der Waals surface area contributed by atoms with E-state index in [9.17, 15) is 4.39 Å². The highest BCUT2D eigenvalue weighted by molar-refractivity contribution is 5.85. The molecule has 1 aliphatic carbocycles. The number of hydrogen-bond acceptors (Lipinski definition) is 2. The monoisotopic (exact) mass is 238 g/mol. The summed E-state index contributed by atoms with van der Waals surface area (Å²) in [7, 11) is 0. The van der Waals surface area contributed by atoms with Crippen molar-refractivity contribution in [3.63, 3.8) is 0 Å². The molecule has 5 heteroatoms. The summed E-state index contributed by atoms with van der Waals surface area (Å²) in [5, 5.41) is 0. The second-order valence-corrected chi connectivity index (χ2v) is 3.28. The lowest BCUT2D eigenvalue weighted by atomic mass is 10.1. The van der Waals surface area contributed by atoms with Gasteiger partial charge >= 0.3 is 0 Å². The zero-order valence-electron chi connectivity index (χ0n) is 7.52. The van der Waals surface area contributed by atoms with Crippen LogP contribution in [0.15, 0.2) is 18.3 Å². The number of halogens is 3. The summed E-state index contributed by atoms with van der Waals surface area (Å²) < 4.78 is 12.6. The highest BCUT2D eigenvalue weighted by atomic mass is 35.5. The molecule has 80 valence electrons. The van der Waals surface area contributed by atoms with Gasteiger partial charge in [0.2, 0.25) is 5.95 Å². The van der Waals surface area contributed by atoms with E-state index in [0.717, 1.165) is 5.56 Å². The lowest BCUT2D eigenvalue weighted by Crippen LogP contribution is -2.12. The van der Waals surface area contributed by atoms with Crippen molar-refractivity contribution in [3.8, 4) is 0 Å². The highest BCUT2D eigenvalue weighted by Gasteiger charge is 2.29. The van der Waals surface area contributed by atoms with Gasteiger partial charge in [0, 0.05) is 12.2 Å². The van der Waals surface area contributed by atoms with Crippen LogP contribution in [0, 0.1) is 11.9 Å². The van der Waals surface area contributed by atoms with Crippen LogP contribution in [0.25, 0.3) is 0 Å².